The van der Waals surface area contributed by atoms with E-state index in [0.717, 1.165) is 0 Å². The zero-order valence-corrected chi connectivity index (χ0v) is 16.8. The molecule has 0 amide bonds. The van der Waals surface area contributed by atoms with E-state index in [0.29, 0.717) is 6.42 Å². The topological polar surface area (TPSA) is 0 Å². The molecule has 0 nitrogen and oxygen atoms in total. The van der Waals surface area contributed by atoms with Crippen molar-refractivity contribution in [3.05, 3.63) is 0 Å². The molecule has 10 heteroatoms. The number of hydrogen-bond acceptors (Lipinski definition) is 0. The van der Waals surface area contributed by atoms with Gasteiger partial charge in [-0.3, -0.25) is 0 Å². The minimum Gasteiger partial charge on any atom is -0.118 e. The van der Waals surface area contributed by atoms with Gasteiger partial charge in [0.15, 0.2) is 17.3 Å². The molecule has 0 saturated heterocycles. The molecule has 1 rings (SSSR count). The maximum atomic E-state index is 6.46. The van der Waals surface area contributed by atoms with Crippen LogP contribution in [-0.4, -0.2) is 27.6 Å². The van der Waals surface area contributed by atoms with Gasteiger partial charge < -0.3 is 0 Å². The minimum atomic E-state index is -2.15. The summed E-state index contributed by atoms with van der Waals surface area (Å²) in [7, 11) is 0. The van der Waals surface area contributed by atoms with Gasteiger partial charge in [-0.05, 0) is 6.42 Å². The van der Waals surface area contributed by atoms with Crippen LogP contribution in [0.25, 0.3) is 0 Å². The summed E-state index contributed by atoms with van der Waals surface area (Å²) in [6.45, 7) is 1.84. The fourth-order valence-corrected chi connectivity index (χ4v) is 6.15. The van der Waals surface area contributed by atoms with Gasteiger partial charge in [0.05, 0.1) is 10.3 Å². The first-order valence-corrected chi connectivity index (χ1v) is 8.90. The van der Waals surface area contributed by atoms with E-state index in [1.165, 1.54) is 0 Å². The van der Waals surface area contributed by atoms with E-state index in [4.69, 9.17) is 116 Å². The van der Waals surface area contributed by atoms with Crippen LogP contribution in [0, 0.1) is 0 Å². The molecule has 114 valence electrons. The Morgan fingerprint density at radius 3 is 1.53 bits per heavy atom. The highest BCUT2D eigenvalue weighted by atomic mass is 35.6. The molecule has 0 aromatic rings. The van der Waals surface area contributed by atoms with Gasteiger partial charge in [0.25, 0.3) is 0 Å². The van der Waals surface area contributed by atoms with Gasteiger partial charge in [-0.2, -0.15) is 0 Å². The molecular formula is C9H8Cl10. The second-order valence-electron chi connectivity index (χ2n) is 4.32. The molecule has 0 heterocycles. The molecule has 2 atom stereocenters. The smallest absolute Gasteiger partial charge is 0.118 e. The zero-order chi connectivity index (χ0) is 15.5. The van der Waals surface area contributed by atoms with Gasteiger partial charge >= 0.3 is 0 Å². The second-order valence-corrected chi connectivity index (χ2v) is 10.8. The SMILES string of the molecule is CCCC1(Cl)C(Cl)C(Cl)(Cl)C(Cl)(Cl)C(Cl)(Cl)C1(Cl)Cl. The molecule has 0 bridgehead atoms. The lowest BCUT2D eigenvalue weighted by atomic mass is 9.81. The monoisotopic (exact) mass is 466 g/mol. The Morgan fingerprint density at radius 2 is 1.16 bits per heavy atom. The summed E-state index contributed by atoms with van der Waals surface area (Å²) < 4.78 is -8.25. The van der Waals surface area contributed by atoms with Crippen LogP contribution >= 0.6 is 116 Å². The van der Waals surface area contributed by atoms with Crippen molar-refractivity contribution in [2.75, 3.05) is 0 Å². The average Bonchev–Trinajstić information content (AvgIpc) is 2.25. The molecule has 0 N–H and O–H groups in total. The highest BCUT2D eigenvalue weighted by Gasteiger charge is 2.82. The van der Waals surface area contributed by atoms with Crippen molar-refractivity contribution in [3.8, 4) is 0 Å². The third-order valence-electron chi connectivity index (χ3n) is 3.06. The first kappa shape index (κ1) is 19.9. The first-order valence-electron chi connectivity index (χ1n) is 5.06. The lowest BCUT2D eigenvalue weighted by Gasteiger charge is -2.60. The average molecular weight is 471 g/mol. The highest BCUT2D eigenvalue weighted by Crippen LogP contribution is 2.73. The molecule has 0 spiro atoms. The maximum absolute atomic E-state index is 6.46. The van der Waals surface area contributed by atoms with E-state index in [2.05, 4.69) is 0 Å². The van der Waals surface area contributed by atoms with E-state index in [1.807, 2.05) is 6.92 Å². The summed E-state index contributed by atoms with van der Waals surface area (Å²) >= 11 is 62.0. The van der Waals surface area contributed by atoms with Crippen molar-refractivity contribution in [2.24, 2.45) is 0 Å². The zero-order valence-electron chi connectivity index (χ0n) is 9.27. The van der Waals surface area contributed by atoms with Crippen LogP contribution in [0.15, 0.2) is 0 Å². The van der Waals surface area contributed by atoms with Gasteiger partial charge in [0.1, 0.15) is 0 Å². The Hall–Kier alpha value is 2.90. The number of halogens is 10. The van der Waals surface area contributed by atoms with Gasteiger partial charge in [-0.1, -0.05) is 106 Å². The van der Waals surface area contributed by atoms with Crippen molar-refractivity contribution < 1.29 is 0 Å². The summed E-state index contributed by atoms with van der Waals surface area (Å²) in [5, 5.41) is -1.19. The summed E-state index contributed by atoms with van der Waals surface area (Å²) in [5.74, 6) is 0. The number of hydrogen-bond donors (Lipinski definition) is 0. The Labute approximate surface area is 162 Å². The molecule has 2 unspecified atom stereocenters. The predicted octanol–water partition coefficient (Wildman–Crippen LogP) is 7.08. The Morgan fingerprint density at radius 1 is 0.737 bits per heavy atom. The normalized spacial score (nSPS) is 39.0. The quantitative estimate of drug-likeness (QED) is 0.378. The third-order valence-corrected chi connectivity index (χ3v) is 10.7. The fourth-order valence-electron chi connectivity index (χ4n) is 1.92. The molecule has 0 radical (unpaired) electrons. The van der Waals surface area contributed by atoms with Crippen molar-refractivity contribution in [2.45, 2.75) is 47.4 Å². The lowest BCUT2D eigenvalue weighted by molar-refractivity contribution is 0.310. The molecule has 0 aromatic heterocycles. The van der Waals surface area contributed by atoms with E-state index in [1.54, 1.807) is 0 Å². The molecule has 0 aliphatic heterocycles. The second kappa shape index (κ2) is 5.76. The highest BCUT2D eigenvalue weighted by molar-refractivity contribution is 6.77. The Bertz CT molecular complexity index is 362. The molecule has 1 fully saturated rings. The Balaban J connectivity index is 3.57. The van der Waals surface area contributed by atoms with Crippen molar-refractivity contribution >= 4 is 116 Å². The predicted molar refractivity (Wildman–Crippen MR) is 90.9 cm³/mol. The van der Waals surface area contributed by atoms with Crippen LogP contribution in [0.2, 0.25) is 0 Å². The van der Waals surface area contributed by atoms with Crippen LogP contribution in [0.3, 0.4) is 0 Å². The summed E-state index contributed by atoms with van der Waals surface area (Å²) in [6, 6.07) is 0. The minimum absolute atomic E-state index is 0.252. The molecular weight excluding hydrogens is 463 g/mol. The molecule has 1 aliphatic carbocycles. The molecule has 1 saturated carbocycles. The van der Waals surface area contributed by atoms with Crippen molar-refractivity contribution in [1.82, 2.24) is 0 Å². The van der Waals surface area contributed by atoms with Crippen LogP contribution < -0.4 is 0 Å². The van der Waals surface area contributed by atoms with Gasteiger partial charge in [-0.25, -0.2) is 0 Å². The van der Waals surface area contributed by atoms with E-state index in [9.17, 15) is 0 Å². The van der Waals surface area contributed by atoms with Crippen molar-refractivity contribution in [1.29, 1.82) is 0 Å². The van der Waals surface area contributed by atoms with E-state index < -0.39 is 27.6 Å². The third kappa shape index (κ3) is 2.48. The molecule has 1 aliphatic rings. The van der Waals surface area contributed by atoms with Crippen LogP contribution in [-0.2, 0) is 0 Å². The lowest BCUT2D eigenvalue weighted by Crippen LogP contribution is -2.76. The van der Waals surface area contributed by atoms with Gasteiger partial charge in [0.2, 0.25) is 0 Å². The van der Waals surface area contributed by atoms with Crippen molar-refractivity contribution in [3.63, 3.8) is 0 Å². The Kier molecular flexibility index (Phi) is 6.05. The summed E-state index contributed by atoms with van der Waals surface area (Å²) in [5.41, 5.74) is 0. The maximum Gasteiger partial charge on any atom is 0.188 e. The number of alkyl halides is 10. The molecule has 19 heavy (non-hydrogen) atoms. The number of rotatable bonds is 2. The van der Waals surface area contributed by atoms with E-state index in [-0.39, 0.29) is 6.42 Å². The van der Waals surface area contributed by atoms with Gasteiger partial charge in [0, 0.05) is 0 Å². The standard InChI is InChI=1S/C9H8Cl10/c1-2-3-5(11)4(10)6(12,13)8(16,17)9(18,19)7(5,14)15/h4H,2-3H2,1H3. The fraction of sp³-hybridized carbons (Fsp3) is 1.00. The van der Waals surface area contributed by atoms with E-state index >= 15 is 0 Å². The molecule has 0 aromatic carbocycles. The van der Waals surface area contributed by atoms with Crippen LogP contribution in [0.5, 0.6) is 0 Å². The van der Waals surface area contributed by atoms with Crippen LogP contribution in [0.4, 0.5) is 0 Å². The summed E-state index contributed by atoms with van der Waals surface area (Å²) in [6.07, 6.45) is 0.834. The van der Waals surface area contributed by atoms with Crippen LogP contribution in [0.1, 0.15) is 19.8 Å². The summed E-state index contributed by atoms with van der Waals surface area (Å²) in [4.78, 5) is -1.52. The largest absolute Gasteiger partial charge is 0.188 e. The van der Waals surface area contributed by atoms with Gasteiger partial charge in [-0.15, -0.1) is 23.2 Å². The first-order chi connectivity index (χ1) is 8.22.